The average molecular weight is 401 g/mol. The van der Waals surface area contributed by atoms with Crippen molar-refractivity contribution in [3.8, 4) is 6.07 Å². The SMILES string of the molecule is C[S+]([O-])Cc1cc(Nc2cc(NC3CC3)n3ncc(C#N)c3n2)ccc1Cl. The van der Waals surface area contributed by atoms with Gasteiger partial charge in [-0.25, -0.2) is 4.98 Å². The Morgan fingerprint density at radius 1 is 1.41 bits per heavy atom. The Balaban J connectivity index is 1.70. The fourth-order valence-corrected chi connectivity index (χ4v) is 3.72. The molecule has 138 valence electrons. The fourth-order valence-electron chi connectivity index (χ4n) is 2.78. The van der Waals surface area contributed by atoms with Gasteiger partial charge in [-0.1, -0.05) is 22.8 Å². The minimum Gasteiger partial charge on any atom is -0.616 e. The second-order valence-electron chi connectivity index (χ2n) is 6.50. The molecule has 0 amide bonds. The molecule has 9 heteroatoms. The molecule has 0 bridgehead atoms. The number of benzene rings is 1. The number of rotatable bonds is 6. The molecule has 1 fully saturated rings. The molecule has 2 aromatic heterocycles. The summed E-state index contributed by atoms with van der Waals surface area (Å²) in [6.07, 6.45) is 5.40. The van der Waals surface area contributed by atoms with Crippen LogP contribution in [0, 0.1) is 11.3 Å². The number of halogens is 1. The summed E-state index contributed by atoms with van der Waals surface area (Å²) in [5, 5.41) is 20.8. The molecule has 0 aliphatic heterocycles. The largest absolute Gasteiger partial charge is 0.616 e. The minimum atomic E-state index is -0.988. The normalized spacial score (nSPS) is 14.7. The highest BCUT2D eigenvalue weighted by molar-refractivity contribution is 7.89. The molecule has 0 saturated heterocycles. The lowest BCUT2D eigenvalue weighted by Crippen LogP contribution is -2.09. The zero-order valence-electron chi connectivity index (χ0n) is 14.6. The van der Waals surface area contributed by atoms with E-state index in [0.717, 1.165) is 29.9 Å². The van der Waals surface area contributed by atoms with E-state index in [2.05, 4.69) is 26.8 Å². The van der Waals surface area contributed by atoms with E-state index in [1.54, 1.807) is 16.8 Å². The lowest BCUT2D eigenvalue weighted by atomic mass is 10.2. The van der Waals surface area contributed by atoms with E-state index in [-0.39, 0.29) is 0 Å². The molecule has 1 aliphatic rings. The topological polar surface area (TPSA) is 101 Å². The molecule has 4 rings (SSSR count). The Bertz CT molecular complexity index is 1040. The van der Waals surface area contributed by atoms with Gasteiger partial charge in [-0.2, -0.15) is 14.9 Å². The third kappa shape index (κ3) is 3.95. The van der Waals surface area contributed by atoms with Gasteiger partial charge < -0.3 is 15.2 Å². The van der Waals surface area contributed by atoms with Crippen molar-refractivity contribution in [2.75, 3.05) is 16.9 Å². The molecule has 7 nitrogen and oxygen atoms in total. The summed E-state index contributed by atoms with van der Waals surface area (Å²) in [4.78, 5) is 4.54. The van der Waals surface area contributed by atoms with Crippen molar-refractivity contribution >= 4 is 45.7 Å². The molecule has 1 saturated carbocycles. The summed E-state index contributed by atoms with van der Waals surface area (Å²) < 4.78 is 13.2. The van der Waals surface area contributed by atoms with E-state index in [1.807, 2.05) is 18.2 Å². The molecule has 1 aromatic carbocycles. The van der Waals surface area contributed by atoms with E-state index < -0.39 is 11.2 Å². The number of nitrogens with zero attached hydrogens (tertiary/aromatic N) is 4. The van der Waals surface area contributed by atoms with Crippen LogP contribution >= 0.6 is 11.6 Å². The van der Waals surface area contributed by atoms with E-state index in [1.165, 1.54) is 6.20 Å². The monoisotopic (exact) mass is 400 g/mol. The molecule has 0 spiro atoms. The van der Waals surface area contributed by atoms with E-state index in [9.17, 15) is 9.81 Å². The minimum absolute atomic E-state index is 0.385. The highest BCUT2D eigenvalue weighted by atomic mass is 35.5. The van der Waals surface area contributed by atoms with Gasteiger partial charge in [0.15, 0.2) is 5.65 Å². The summed E-state index contributed by atoms with van der Waals surface area (Å²) in [5.41, 5.74) is 2.50. The Morgan fingerprint density at radius 3 is 2.93 bits per heavy atom. The van der Waals surface area contributed by atoms with Crippen LogP contribution < -0.4 is 10.6 Å². The smallest absolute Gasteiger partial charge is 0.177 e. The first kappa shape index (κ1) is 17.9. The first-order chi connectivity index (χ1) is 13.0. The first-order valence-corrected chi connectivity index (χ1v) is 10.5. The van der Waals surface area contributed by atoms with Crippen LogP contribution in [0.4, 0.5) is 17.3 Å². The van der Waals surface area contributed by atoms with Crippen molar-refractivity contribution in [3.05, 3.63) is 46.6 Å². The van der Waals surface area contributed by atoms with Crippen LogP contribution in [-0.2, 0) is 16.9 Å². The van der Waals surface area contributed by atoms with Gasteiger partial charge in [0.1, 0.15) is 29.0 Å². The van der Waals surface area contributed by atoms with Crippen molar-refractivity contribution in [1.29, 1.82) is 5.26 Å². The fraction of sp³-hybridized carbons (Fsp3) is 0.278. The van der Waals surface area contributed by atoms with Crippen LogP contribution in [0.2, 0.25) is 5.02 Å². The van der Waals surface area contributed by atoms with Crippen LogP contribution in [0.15, 0.2) is 30.5 Å². The van der Waals surface area contributed by atoms with E-state index >= 15 is 0 Å². The molecule has 2 heterocycles. The molecule has 1 unspecified atom stereocenters. The number of fused-ring (bicyclic) bond motifs is 1. The number of hydrogen-bond donors (Lipinski definition) is 2. The van der Waals surface area contributed by atoms with Crippen LogP contribution in [0.5, 0.6) is 0 Å². The Morgan fingerprint density at radius 2 is 2.22 bits per heavy atom. The van der Waals surface area contributed by atoms with Crippen molar-refractivity contribution in [3.63, 3.8) is 0 Å². The van der Waals surface area contributed by atoms with Crippen LogP contribution in [-0.4, -0.2) is 31.4 Å². The van der Waals surface area contributed by atoms with Gasteiger partial charge in [-0.3, -0.25) is 0 Å². The van der Waals surface area contributed by atoms with E-state index in [0.29, 0.717) is 33.8 Å². The number of nitriles is 1. The maximum Gasteiger partial charge on any atom is 0.177 e. The van der Waals surface area contributed by atoms with Gasteiger partial charge in [0.05, 0.1) is 12.5 Å². The van der Waals surface area contributed by atoms with Crippen LogP contribution in [0.3, 0.4) is 0 Å². The summed E-state index contributed by atoms with van der Waals surface area (Å²) in [6, 6.07) is 9.90. The first-order valence-electron chi connectivity index (χ1n) is 8.44. The van der Waals surface area contributed by atoms with Crippen molar-refractivity contribution in [1.82, 2.24) is 14.6 Å². The predicted octanol–water partition coefficient (Wildman–Crippen LogP) is 3.45. The quantitative estimate of drug-likeness (QED) is 0.614. The molecular weight excluding hydrogens is 384 g/mol. The predicted molar refractivity (Wildman–Crippen MR) is 107 cm³/mol. The summed E-state index contributed by atoms with van der Waals surface area (Å²) in [5.74, 6) is 1.76. The van der Waals surface area contributed by atoms with Gasteiger partial charge in [-0.15, -0.1) is 0 Å². The molecule has 1 aliphatic carbocycles. The maximum atomic E-state index is 11.5. The number of anilines is 3. The highest BCUT2D eigenvalue weighted by Crippen LogP contribution is 2.29. The van der Waals surface area contributed by atoms with Crippen molar-refractivity contribution < 1.29 is 4.55 Å². The second kappa shape index (κ2) is 7.27. The lowest BCUT2D eigenvalue weighted by molar-refractivity contribution is 0.600. The average Bonchev–Trinajstić information content (AvgIpc) is 3.34. The third-order valence-corrected chi connectivity index (χ3v) is 5.28. The molecule has 27 heavy (non-hydrogen) atoms. The molecule has 1 atom stereocenters. The second-order valence-corrected chi connectivity index (χ2v) is 8.34. The van der Waals surface area contributed by atoms with Gasteiger partial charge in [0, 0.05) is 28.4 Å². The number of aromatic nitrogens is 3. The van der Waals surface area contributed by atoms with E-state index in [4.69, 9.17) is 11.6 Å². The standard InChI is InChI=1S/C18H17ClN6OS/c1-27(26)10-11-6-14(4-5-15(11)19)22-16-7-17(23-13-2-3-13)25-18(24-16)12(8-20)9-21-25/h4-7,9,13,23H,2-3,10H2,1H3,(H,22,24). The lowest BCUT2D eigenvalue weighted by Gasteiger charge is -2.13. The number of hydrogen-bond acceptors (Lipinski definition) is 6. The number of nitrogens with one attached hydrogen (secondary N) is 2. The highest BCUT2D eigenvalue weighted by Gasteiger charge is 2.23. The Kier molecular flexibility index (Phi) is 4.83. The van der Waals surface area contributed by atoms with Gasteiger partial charge in [0.25, 0.3) is 0 Å². The van der Waals surface area contributed by atoms with Crippen molar-refractivity contribution in [2.45, 2.75) is 24.6 Å². The van der Waals surface area contributed by atoms with Gasteiger partial charge in [-0.05, 0) is 31.0 Å². The zero-order valence-corrected chi connectivity index (χ0v) is 16.1. The maximum absolute atomic E-state index is 11.5. The Labute approximate surface area is 164 Å². The molecular formula is C18H17ClN6OS. The molecule has 3 aromatic rings. The van der Waals surface area contributed by atoms with Crippen LogP contribution in [0.25, 0.3) is 5.65 Å². The third-order valence-electron chi connectivity index (χ3n) is 4.20. The van der Waals surface area contributed by atoms with Gasteiger partial charge in [0.2, 0.25) is 0 Å². The Hall–Kier alpha value is -2.47. The van der Waals surface area contributed by atoms with Crippen LogP contribution in [0.1, 0.15) is 24.0 Å². The van der Waals surface area contributed by atoms with Gasteiger partial charge >= 0.3 is 0 Å². The zero-order chi connectivity index (χ0) is 19.0. The summed E-state index contributed by atoms with van der Waals surface area (Å²) in [7, 11) is 0. The summed E-state index contributed by atoms with van der Waals surface area (Å²) >= 11 is 5.21. The molecule has 2 N–H and O–H groups in total. The summed E-state index contributed by atoms with van der Waals surface area (Å²) in [6.45, 7) is 0. The molecule has 0 radical (unpaired) electrons. The van der Waals surface area contributed by atoms with Crippen molar-refractivity contribution in [2.24, 2.45) is 0 Å².